The highest BCUT2D eigenvalue weighted by atomic mass is 32.2. The van der Waals surface area contributed by atoms with Crippen molar-refractivity contribution in [1.82, 2.24) is 15.2 Å². The third-order valence-electron chi connectivity index (χ3n) is 6.73. The summed E-state index contributed by atoms with van der Waals surface area (Å²) in [5.74, 6) is -0.0340. The second-order valence-corrected chi connectivity index (χ2v) is 14.0. The Morgan fingerprint density at radius 3 is 2.57 bits per heavy atom. The summed E-state index contributed by atoms with van der Waals surface area (Å²) in [6.45, 7) is 11.0. The Morgan fingerprint density at radius 1 is 1.27 bits per heavy atom. The lowest BCUT2D eigenvalue weighted by Gasteiger charge is -2.45. The number of pyridine rings is 1. The maximum Gasteiger partial charge on any atom is 0.410 e. The molecular weight excluding hydrogens is 514 g/mol. The minimum absolute atomic E-state index is 0.0104. The number of rotatable bonds is 5. The molecule has 2 aromatic rings. The smallest absolute Gasteiger partial charge is 0.410 e. The number of thiophene rings is 1. The molecule has 1 fully saturated rings. The molecular formula is C26H35N3O6S2. The number of hydrogen-bond donors (Lipinski definition) is 1. The maximum atomic E-state index is 13.0. The van der Waals surface area contributed by atoms with Gasteiger partial charge in [-0.2, -0.15) is 0 Å². The monoisotopic (exact) mass is 549 g/mol. The van der Waals surface area contributed by atoms with Crippen molar-refractivity contribution in [2.24, 2.45) is 0 Å². The van der Waals surface area contributed by atoms with Crippen molar-refractivity contribution < 1.29 is 27.5 Å². The van der Waals surface area contributed by atoms with E-state index in [1.54, 1.807) is 17.9 Å². The number of fused-ring (bicyclic) bond motifs is 2. The molecule has 1 atom stereocenters. The summed E-state index contributed by atoms with van der Waals surface area (Å²) in [4.78, 5) is 33.3. The van der Waals surface area contributed by atoms with E-state index in [1.165, 1.54) is 23.6 Å². The van der Waals surface area contributed by atoms with E-state index in [1.807, 2.05) is 26.8 Å². The molecule has 11 heteroatoms. The summed E-state index contributed by atoms with van der Waals surface area (Å²) in [5, 5.41) is 2.90. The first kappa shape index (κ1) is 27.5. The molecule has 1 saturated heterocycles. The molecule has 0 aliphatic carbocycles. The summed E-state index contributed by atoms with van der Waals surface area (Å²) in [5.41, 5.74) is 0.648. The van der Waals surface area contributed by atoms with E-state index in [0.29, 0.717) is 43.1 Å². The van der Waals surface area contributed by atoms with E-state index in [2.05, 4.69) is 17.2 Å². The zero-order valence-electron chi connectivity index (χ0n) is 22.0. The van der Waals surface area contributed by atoms with Gasteiger partial charge in [0.05, 0.1) is 34.4 Å². The summed E-state index contributed by atoms with van der Waals surface area (Å²) < 4.78 is 35.9. The third-order valence-corrected chi connectivity index (χ3v) is 9.78. The van der Waals surface area contributed by atoms with Gasteiger partial charge in [-0.05, 0) is 57.4 Å². The van der Waals surface area contributed by atoms with Gasteiger partial charge in [-0.25, -0.2) is 13.2 Å². The van der Waals surface area contributed by atoms with Crippen LogP contribution in [0, 0.1) is 0 Å². The van der Waals surface area contributed by atoms with Gasteiger partial charge in [-0.15, -0.1) is 11.3 Å². The van der Waals surface area contributed by atoms with Crippen molar-refractivity contribution in [3.05, 3.63) is 45.4 Å². The van der Waals surface area contributed by atoms with E-state index >= 15 is 0 Å². The van der Waals surface area contributed by atoms with E-state index in [9.17, 15) is 18.0 Å². The Labute approximate surface area is 222 Å². The molecule has 0 saturated carbocycles. The van der Waals surface area contributed by atoms with Crippen LogP contribution in [0.5, 0.6) is 0 Å². The van der Waals surface area contributed by atoms with Crippen LogP contribution in [0.25, 0.3) is 0 Å². The van der Waals surface area contributed by atoms with Crippen molar-refractivity contribution in [3.8, 4) is 0 Å². The quantitative estimate of drug-likeness (QED) is 0.594. The Hall–Kier alpha value is -2.50. The van der Waals surface area contributed by atoms with Crippen molar-refractivity contribution in [1.29, 1.82) is 0 Å². The molecule has 4 heterocycles. The molecule has 9 nitrogen and oxygen atoms in total. The number of likely N-dealkylation sites (tertiary alicyclic amines) is 1. The van der Waals surface area contributed by atoms with Crippen LogP contribution >= 0.6 is 11.3 Å². The fourth-order valence-corrected chi connectivity index (χ4v) is 6.77. The molecule has 0 bridgehead atoms. The SMILES string of the molecule is CCS(=O)(=O)c1ccc(CNC(=O)c2cc3c(s2)C2(CCN(C(=O)OC(C)(C)C)CC2)OCC3C)nc1. The van der Waals surface area contributed by atoms with Crippen molar-refractivity contribution >= 4 is 33.2 Å². The van der Waals surface area contributed by atoms with E-state index in [0.717, 1.165) is 10.4 Å². The van der Waals surface area contributed by atoms with Crippen LogP contribution in [0.1, 0.15) is 79.2 Å². The number of hydrogen-bond acceptors (Lipinski definition) is 8. The van der Waals surface area contributed by atoms with Gasteiger partial charge in [0.15, 0.2) is 9.84 Å². The first-order valence-electron chi connectivity index (χ1n) is 12.6. The lowest BCUT2D eigenvalue weighted by Crippen LogP contribution is -2.49. The maximum absolute atomic E-state index is 13.0. The highest BCUT2D eigenvalue weighted by molar-refractivity contribution is 7.91. The number of nitrogens with zero attached hydrogens (tertiary/aromatic N) is 2. The van der Waals surface area contributed by atoms with Gasteiger partial charge in [-0.1, -0.05) is 13.8 Å². The van der Waals surface area contributed by atoms with Crippen molar-refractivity contribution in [2.75, 3.05) is 25.4 Å². The van der Waals surface area contributed by atoms with Gasteiger partial charge < -0.3 is 19.7 Å². The number of piperidine rings is 1. The highest BCUT2D eigenvalue weighted by Crippen LogP contribution is 2.48. The van der Waals surface area contributed by atoms with E-state index in [-0.39, 0.29) is 35.1 Å². The summed E-state index contributed by atoms with van der Waals surface area (Å²) in [6, 6.07) is 5.09. The molecule has 202 valence electrons. The predicted octanol–water partition coefficient (Wildman–Crippen LogP) is 4.23. The number of sulfone groups is 1. The Kier molecular flexibility index (Phi) is 7.69. The molecule has 37 heavy (non-hydrogen) atoms. The summed E-state index contributed by atoms with van der Waals surface area (Å²) >= 11 is 1.44. The number of carbonyl (C=O) groups excluding carboxylic acids is 2. The van der Waals surface area contributed by atoms with Crippen molar-refractivity contribution in [3.63, 3.8) is 0 Å². The fraction of sp³-hybridized carbons (Fsp3) is 0.577. The zero-order chi connectivity index (χ0) is 27.0. The average molecular weight is 550 g/mol. The molecule has 1 unspecified atom stereocenters. The van der Waals surface area contributed by atoms with E-state index in [4.69, 9.17) is 9.47 Å². The Morgan fingerprint density at radius 2 is 1.97 bits per heavy atom. The number of carbonyl (C=O) groups is 2. The van der Waals surface area contributed by atoms with E-state index < -0.39 is 21.0 Å². The first-order chi connectivity index (χ1) is 17.3. The molecule has 2 aliphatic rings. The van der Waals surface area contributed by atoms with Gasteiger partial charge in [-0.3, -0.25) is 9.78 Å². The van der Waals surface area contributed by atoms with Crippen LogP contribution < -0.4 is 5.32 Å². The van der Waals surface area contributed by atoms with Crippen LogP contribution in [0.15, 0.2) is 29.3 Å². The molecule has 1 N–H and O–H groups in total. The van der Waals surface area contributed by atoms with Gasteiger partial charge in [0.1, 0.15) is 11.2 Å². The topological polar surface area (TPSA) is 115 Å². The van der Waals surface area contributed by atoms with Crippen LogP contribution in [0.3, 0.4) is 0 Å². The van der Waals surface area contributed by atoms with Crippen molar-refractivity contribution in [2.45, 2.75) is 76.0 Å². The lowest BCUT2D eigenvalue weighted by atomic mass is 9.82. The van der Waals surface area contributed by atoms with Gasteiger partial charge in [0.2, 0.25) is 0 Å². The van der Waals surface area contributed by atoms with Crippen LogP contribution in [0.2, 0.25) is 0 Å². The minimum Gasteiger partial charge on any atom is -0.444 e. The third kappa shape index (κ3) is 5.99. The molecule has 2 aliphatic heterocycles. The molecule has 1 spiro atoms. The number of amides is 2. The molecule has 2 aromatic heterocycles. The highest BCUT2D eigenvalue weighted by Gasteiger charge is 2.45. The van der Waals surface area contributed by atoms with Gasteiger partial charge >= 0.3 is 6.09 Å². The van der Waals surface area contributed by atoms with Crippen LogP contribution in [-0.4, -0.2) is 61.4 Å². The fourth-order valence-electron chi connectivity index (χ4n) is 4.55. The molecule has 0 radical (unpaired) electrons. The lowest BCUT2D eigenvalue weighted by molar-refractivity contribution is -0.101. The number of aromatic nitrogens is 1. The summed E-state index contributed by atoms with van der Waals surface area (Å²) in [7, 11) is -3.32. The number of ether oxygens (including phenoxy) is 2. The molecule has 0 aromatic carbocycles. The predicted molar refractivity (Wildman–Crippen MR) is 141 cm³/mol. The molecule has 2 amide bonds. The van der Waals surface area contributed by atoms with Gasteiger partial charge in [0, 0.05) is 30.1 Å². The minimum atomic E-state index is -3.32. The standard InChI is InChI=1S/C26H35N3O6S2/c1-6-37(32,33)19-8-7-18(27-15-19)14-28-23(30)21-13-20-17(2)16-34-26(22(20)36-21)9-11-29(12-10-26)24(31)35-25(3,4)5/h7-8,13,15,17H,6,9-12,14,16H2,1-5H3,(H,28,30). The zero-order valence-corrected chi connectivity index (χ0v) is 23.6. The second-order valence-electron chi connectivity index (χ2n) is 10.6. The first-order valence-corrected chi connectivity index (χ1v) is 15.0. The second kappa shape index (κ2) is 10.3. The Balaban J connectivity index is 1.44. The van der Waals surface area contributed by atoms with Gasteiger partial charge in [0.25, 0.3) is 5.91 Å². The molecule has 4 rings (SSSR count). The Bertz CT molecular complexity index is 1260. The normalized spacial score (nSPS) is 19.4. The average Bonchev–Trinajstić information content (AvgIpc) is 3.32. The van der Waals surface area contributed by atoms with Crippen LogP contribution in [-0.2, 0) is 31.5 Å². The summed E-state index contributed by atoms with van der Waals surface area (Å²) in [6.07, 6.45) is 2.30. The number of nitrogens with one attached hydrogen (secondary N) is 1. The largest absolute Gasteiger partial charge is 0.444 e. The van der Waals surface area contributed by atoms with Crippen LogP contribution in [0.4, 0.5) is 4.79 Å².